The Labute approximate surface area is 78.0 Å². The van der Waals surface area contributed by atoms with E-state index < -0.39 is 0 Å². The molecule has 2 atom stereocenters. The molecule has 0 aromatic rings. The van der Waals surface area contributed by atoms with E-state index in [0.29, 0.717) is 18.4 Å². The molecule has 0 aromatic heterocycles. The normalized spacial score (nSPS) is 48.5. The van der Waals surface area contributed by atoms with Crippen LogP contribution in [0.15, 0.2) is 0 Å². The van der Waals surface area contributed by atoms with Crippen molar-refractivity contribution in [2.45, 2.75) is 37.8 Å². The summed E-state index contributed by atoms with van der Waals surface area (Å²) in [4.78, 5) is 13.7. The third kappa shape index (κ3) is 1.10. The highest BCUT2D eigenvalue weighted by atomic mass is 16.5. The summed E-state index contributed by atoms with van der Waals surface area (Å²) in [5.41, 5.74) is 0. The standard InChI is InChI=1S/C10H15NO2/c12-9-2-1-8-10(13-9)7-3-5-11(8)6-4-7/h7-8,10H,1-6H2. The van der Waals surface area contributed by atoms with Crippen molar-refractivity contribution < 1.29 is 9.53 Å². The Bertz CT molecular complexity index is 233. The zero-order chi connectivity index (χ0) is 8.84. The first kappa shape index (κ1) is 7.80. The fourth-order valence-electron chi connectivity index (χ4n) is 3.10. The van der Waals surface area contributed by atoms with Gasteiger partial charge in [0.15, 0.2) is 0 Å². The Morgan fingerprint density at radius 1 is 1.23 bits per heavy atom. The summed E-state index contributed by atoms with van der Waals surface area (Å²) in [6.07, 6.45) is 4.36. The lowest BCUT2D eigenvalue weighted by Crippen LogP contribution is -2.60. The highest BCUT2D eigenvalue weighted by Gasteiger charge is 2.46. The maximum Gasteiger partial charge on any atom is 0.306 e. The van der Waals surface area contributed by atoms with Crippen LogP contribution < -0.4 is 0 Å². The molecule has 0 radical (unpaired) electrons. The predicted molar refractivity (Wildman–Crippen MR) is 47.2 cm³/mol. The van der Waals surface area contributed by atoms with E-state index in [1.807, 2.05) is 0 Å². The molecule has 4 aliphatic rings. The summed E-state index contributed by atoms with van der Waals surface area (Å²) in [7, 11) is 0. The van der Waals surface area contributed by atoms with Crippen molar-refractivity contribution in [3.8, 4) is 0 Å². The largest absolute Gasteiger partial charge is 0.460 e. The molecule has 3 nitrogen and oxygen atoms in total. The lowest BCUT2D eigenvalue weighted by Gasteiger charge is -2.51. The minimum absolute atomic E-state index is 0.0231. The molecule has 4 saturated heterocycles. The molecule has 2 unspecified atom stereocenters. The van der Waals surface area contributed by atoms with E-state index in [-0.39, 0.29) is 12.1 Å². The Morgan fingerprint density at radius 2 is 2.00 bits per heavy atom. The highest BCUT2D eigenvalue weighted by molar-refractivity contribution is 5.70. The molecular formula is C10H15NO2. The van der Waals surface area contributed by atoms with Crippen LogP contribution in [0.4, 0.5) is 0 Å². The lowest BCUT2D eigenvalue weighted by atomic mass is 9.78. The number of carbonyl (C=O) groups is 1. The Morgan fingerprint density at radius 3 is 2.77 bits per heavy atom. The molecule has 4 heterocycles. The SMILES string of the molecule is O=C1CCC2C(O1)C1CCN2CC1. The third-order valence-electron chi connectivity index (χ3n) is 3.80. The third-order valence-corrected chi connectivity index (χ3v) is 3.80. The second kappa shape index (κ2) is 2.71. The maximum atomic E-state index is 11.2. The van der Waals surface area contributed by atoms with E-state index in [9.17, 15) is 4.79 Å². The average molecular weight is 181 g/mol. The van der Waals surface area contributed by atoms with Crippen molar-refractivity contribution in [3.05, 3.63) is 0 Å². The smallest absolute Gasteiger partial charge is 0.306 e. The molecule has 4 rings (SSSR count). The molecule has 0 N–H and O–H groups in total. The van der Waals surface area contributed by atoms with E-state index in [1.54, 1.807) is 0 Å². The van der Waals surface area contributed by atoms with Crippen molar-refractivity contribution in [3.63, 3.8) is 0 Å². The molecule has 0 aliphatic carbocycles. The number of esters is 1. The summed E-state index contributed by atoms with van der Waals surface area (Å²) >= 11 is 0. The Kier molecular flexibility index (Phi) is 1.62. The van der Waals surface area contributed by atoms with Gasteiger partial charge in [-0.3, -0.25) is 9.69 Å². The number of carbonyl (C=O) groups excluding carboxylic acids is 1. The second-order valence-corrected chi connectivity index (χ2v) is 4.43. The summed E-state index contributed by atoms with van der Waals surface area (Å²) in [6, 6.07) is 0.560. The molecule has 2 bridgehead atoms. The van der Waals surface area contributed by atoms with Gasteiger partial charge in [-0.25, -0.2) is 0 Å². The molecular weight excluding hydrogens is 166 g/mol. The maximum absolute atomic E-state index is 11.2. The first-order chi connectivity index (χ1) is 6.34. The number of nitrogens with zero attached hydrogens (tertiary/aromatic N) is 1. The van der Waals surface area contributed by atoms with Gasteiger partial charge in [-0.2, -0.15) is 0 Å². The van der Waals surface area contributed by atoms with Crippen LogP contribution in [0.25, 0.3) is 0 Å². The van der Waals surface area contributed by atoms with E-state index in [4.69, 9.17) is 4.74 Å². The highest BCUT2D eigenvalue weighted by Crippen LogP contribution is 2.38. The number of ether oxygens (including phenoxy) is 1. The van der Waals surface area contributed by atoms with E-state index in [2.05, 4.69) is 4.90 Å². The van der Waals surface area contributed by atoms with Gasteiger partial charge in [0.2, 0.25) is 0 Å². The van der Waals surface area contributed by atoms with Crippen molar-refractivity contribution in [1.29, 1.82) is 0 Å². The molecule has 72 valence electrons. The molecule has 0 aromatic carbocycles. The zero-order valence-corrected chi connectivity index (χ0v) is 7.74. The van der Waals surface area contributed by atoms with E-state index >= 15 is 0 Å². The van der Waals surface area contributed by atoms with Gasteiger partial charge in [-0.15, -0.1) is 0 Å². The number of piperidine rings is 3. The fraction of sp³-hybridized carbons (Fsp3) is 0.900. The Balaban J connectivity index is 1.84. The minimum atomic E-state index is 0.0231. The van der Waals surface area contributed by atoms with Crippen molar-refractivity contribution in [2.24, 2.45) is 5.92 Å². The molecule has 3 heteroatoms. The van der Waals surface area contributed by atoms with Crippen LogP contribution in [0.3, 0.4) is 0 Å². The molecule has 0 saturated carbocycles. The van der Waals surface area contributed by atoms with Gasteiger partial charge in [0.25, 0.3) is 0 Å². The van der Waals surface area contributed by atoms with Gasteiger partial charge >= 0.3 is 5.97 Å². The van der Waals surface area contributed by atoms with Crippen LogP contribution in [0.2, 0.25) is 0 Å². The fourth-order valence-corrected chi connectivity index (χ4v) is 3.10. The average Bonchev–Trinajstić information content (AvgIpc) is 2.19. The number of hydrogen-bond acceptors (Lipinski definition) is 3. The lowest BCUT2D eigenvalue weighted by molar-refractivity contribution is -0.177. The quantitative estimate of drug-likeness (QED) is 0.517. The number of fused-ring (bicyclic) bond motifs is 2. The number of hydrogen-bond donors (Lipinski definition) is 0. The predicted octanol–water partition coefficient (Wildman–Crippen LogP) is 0.786. The minimum Gasteiger partial charge on any atom is -0.460 e. The summed E-state index contributed by atoms with van der Waals surface area (Å²) in [6.45, 7) is 2.45. The van der Waals surface area contributed by atoms with Crippen molar-refractivity contribution >= 4 is 5.97 Å². The Hall–Kier alpha value is -0.570. The molecule has 0 spiro atoms. The van der Waals surface area contributed by atoms with Gasteiger partial charge in [0.1, 0.15) is 6.10 Å². The summed E-state index contributed by atoms with van der Waals surface area (Å²) in [5.74, 6) is 0.689. The second-order valence-electron chi connectivity index (χ2n) is 4.43. The van der Waals surface area contributed by atoms with Gasteiger partial charge in [-0.05, 0) is 38.3 Å². The molecule has 0 amide bonds. The van der Waals surface area contributed by atoms with Gasteiger partial charge < -0.3 is 4.74 Å². The van der Waals surface area contributed by atoms with Gasteiger partial charge in [0, 0.05) is 12.5 Å². The first-order valence-electron chi connectivity index (χ1n) is 5.28. The van der Waals surface area contributed by atoms with Crippen LogP contribution >= 0.6 is 0 Å². The van der Waals surface area contributed by atoms with E-state index in [1.165, 1.54) is 25.9 Å². The van der Waals surface area contributed by atoms with E-state index in [0.717, 1.165) is 6.42 Å². The van der Waals surface area contributed by atoms with Crippen LogP contribution in [0, 0.1) is 5.92 Å². The van der Waals surface area contributed by atoms with Crippen LogP contribution in [0.1, 0.15) is 25.7 Å². The topological polar surface area (TPSA) is 29.5 Å². The first-order valence-corrected chi connectivity index (χ1v) is 5.28. The summed E-state index contributed by atoms with van der Waals surface area (Å²) < 4.78 is 5.44. The van der Waals surface area contributed by atoms with Crippen LogP contribution in [0.5, 0.6) is 0 Å². The number of rotatable bonds is 0. The van der Waals surface area contributed by atoms with Crippen molar-refractivity contribution in [1.82, 2.24) is 4.90 Å². The molecule has 4 fully saturated rings. The van der Waals surface area contributed by atoms with Crippen molar-refractivity contribution in [2.75, 3.05) is 13.1 Å². The van der Waals surface area contributed by atoms with Crippen LogP contribution in [-0.2, 0) is 9.53 Å². The molecule has 13 heavy (non-hydrogen) atoms. The van der Waals surface area contributed by atoms with Gasteiger partial charge in [0.05, 0.1) is 0 Å². The zero-order valence-electron chi connectivity index (χ0n) is 7.74. The van der Waals surface area contributed by atoms with Crippen LogP contribution in [-0.4, -0.2) is 36.1 Å². The molecule has 4 aliphatic heterocycles. The van der Waals surface area contributed by atoms with Gasteiger partial charge in [-0.1, -0.05) is 0 Å². The summed E-state index contributed by atoms with van der Waals surface area (Å²) in [5, 5.41) is 0. The monoisotopic (exact) mass is 181 g/mol.